The molecule has 0 aromatic heterocycles. The van der Waals surface area contributed by atoms with Crippen molar-refractivity contribution in [3.05, 3.63) is 0 Å². The van der Waals surface area contributed by atoms with Crippen LogP contribution in [0.1, 0.15) is 6.42 Å². The van der Waals surface area contributed by atoms with Gasteiger partial charge in [-0.2, -0.15) is 0 Å². The number of carbonyl (C=O) groups is 2. The van der Waals surface area contributed by atoms with Crippen molar-refractivity contribution in [2.45, 2.75) is 6.42 Å². The van der Waals surface area contributed by atoms with Crippen molar-refractivity contribution >= 4 is 11.9 Å². The summed E-state index contributed by atoms with van der Waals surface area (Å²) in [5, 5.41) is 0. The Labute approximate surface area is 125 Å². The number of carbonyl (C=O) groups excluding carboxylic acids is 2. The second-order valence-electron chi connectivity index (χ2n) is 5.44. The first-order valence-electron chi connectivity index (χ1n) is 7.56. The molecule has 0 radical (unpaired) electrons. The number of rotatable bonds is 5. The highest BCUT2D eigenvalue weighted by Crippen LogP contribution is 2.05. The van der Waals surface area contributed by atoms with Gasteiger partial charge in [-0.25, -0.2) is 0 Å². The molecule has 2 saturated heterocycles. The van der Waals surface area contributed by atoms with Crippen LogP contribution in [0.3, 0.4) is 0 Å². The number of methoxy groups -OCH3 is 1. The Hall–Kier alpha value is -1.18. The summed E-state index contributed by atoms with van der Waals surface area (Å²) in [6.07, 6.45) is 0.434. The molecule has 2 fully saturated rings. The van der Waals surface area contributed by atoms with Crippen LogP contribution < -0.4 is 0 Å². The normalized spacial score (nSPS) is 21.3. The van der Waals surface area contributed by atoms with Gasteiger partial charge in [-0.1, -0.05) is 0 Å². The molecule has 0 unspecified atom stereocenters. The lowest BCUT2D eigenvalue weighted by Crippen LogP contribution is -2.51. The summed E-state index contributed by atoms with van der Waals surface area (Å²) in [5.41, 5.74) is 0. The Kier molecular flexibility index (Phi) is 6.41. The van der Waals surface area contributed by atoms with Crippen molar-refractivity contribution in [2.75, 3.05) is 72.7 Å². The third-order valence-corrected chi connectivity index (χ3v) is 4.05. The van der Waals surface area contributed by atoms with E-state index in [1.54, 1.807) is 0 Å². The highest BCUT2D eigenvalue weighted by molar-refractivity contribution is 5.78. The molecule has 2 aliphatic heterocycles. The molecule has 1 amide bonds. The maximum Gasteiger partial charge on any atom is 0.306 e. The molecule has 0 aromatic carbocycles. The summed E-state index contributed by atoms with van der Waals surface area (Å²) < 4.78 is 9.90. The summed E-state index contributed by atoms with van der Waals surface area (Å²) in [6.45, 7) is 7.47. The van der Waals surface area contributed by atoms with Crippen LogP contribution in [0.15, 0.2) is 0 Å². The van der Waals surface area contributed by atoms with E-state index in [4.69, 9.17) is 4.74 Å². The summed E-state index contributed by atoms with van der Waals surface area (Å²) in [5.74, 6) is 0.0289. The van der Waals surface area contributed by atoms with Gasteiger partial charge in [0.1, 0.15) is 0 Å². The number of hydrogen-bond acceptors (Lipinski definition) is 6. The van der Waals surface area contributed by atoms with Crippen LogP contribution in [-0.4, -0.2) is 99.3 Å². The quantitative estimate of drug-likeness (QED) is 0.609. The van der Waals surface area contributed by atoms with E-state index in [0.717, 1.165) is 32.7 Å². The molecule has 0 saturated carbocycles. The minimum atomic E-state index is -0.167. The maximum absolute atomic E-state index is 12.2. The zero-order valence-electron chi connectivity index (χ0n) is 12.8. The van der Waals surface area contributed by atoms with Crippen molar-refractivity contribution in [3.63, 3.8) is 0 Å². The molecule has 2 rings (SSSR count). The summed E-state index contributed by atoms with van der Waals surface area (Å²) in [4.78, 5) is 29.6. The third-order valence-electron chi connectivity index (χ3n) is 4.05. The number of morpholine rings is 1. The predicted molar refractivity (Wildman–Crippen MR) is 76.9 cm³/mol. The fourth-order valence-electron chi connectivity index (χ4n) is 2.63. The first-order valence-corrected chi connectivity index (χ1v) is 7.56. The Morgan fingerprint density at radius 2 is 1.62 bits per heavy atom. The van der Waals surface area contributed by atoms with E-state index in [9.17, 15) is 9.59 Å². The SMILES string of the molecule is COC(=O)CCN1CCN(CC(=O)N2CCOCC2)CC1. The fraction of sp³-hybridized carbons (Fsp3) is 0.857. The molecule has 120 valence electrons. The van der Waals surface area contributed by atoms with Gasteiger partial charge in [-0.05, 0) is 0 Å². The van der Waals surface area contributed by atoms with Crippen LogP contribution >= 0.6 is 0 Å². The average molecular weight is 299 g/mol. The number of nitrogens with zero attached hydrogens (tertiary/aromatic N) is 3. The number of ether oxygens (including phenoxy) is 2. The van der Waals surface area contributed by atoms with E-state index in [2.05, 4.69) is 14.5 Å². The van der Waals surface area contributed by atoms with E-state index >= 15 is 0 Å². The number of esters is 1. The first-order chi connectivity index (χ1) is 10.2. The zero-order valence-corrected chi connectivity index (χ0v) is 12.8. The molecule has 0 spiro atoms. The second-order valence-corrected chi connectivity index (χ2v) is 5.44. The van der Waals surface area contributed by atoms with Crippen LogP contribution in [0, 0.1) is 0 Å². The van der Waals surface area contributed by atoms with Gasteiger partial charge in [0, 0.05) is 45.8 Å². The summed E-state index contributed by atoms with van der Waals surface area (Å²) in [7, 11) is 1.41. The van der Waals surface area contributed by atoms with Crippen LogP contribution in [0.25, 0.3) is 0 Å². The topological polar surface area (TPSA) is 62.3 Å². The molecule has 0 aromatic rings. The monoisotopic (exact) mass is 299 g/mol. The average Bonchev–Trinajstić information content (AvgIpc) is 2.54. The van der Waals surface area contributed by atoms with Gasteiger partial charge in [0.25, 0.3) is 0 Å². The second kappa shape index (κ2) is 8.31. The molecule has 0 atom stereocenters. The van der Waals surface area contributed by atoms with Gasteiger partial charge < -0.3 is 19.3 Å². The highest BCUT2D eigenvalue weighted by Gasteiger charge is 2.23. The molecule has 0 bridgehead atoms. The number of hydrogen-bond donors (Lipinski definition) is 0. The van der Waals surface area contributed by atoms with Crippen molar-refractivity contribution in [2.24, 2.45) is 0 Å². The standard InChI is InChI=1S/C14H25N3O4/c1-20-14(19)2-3-15-4-6-16(7-5-15)12-13(18)17-8-10-21-11-9-17/h2-12H2,1H3. The van der Waals surface area contributed by atoms with Gasteiger partial charge in [0.05, 0.1) is 33.3 Å². The van der Waals surface area contributed by atoms with E-state index in [-0.39, 0.29) is 11.9 Å². The summed E-state index contributed by atoms with van der Waals surface area (Å²) in [6, 6.07) is 0. The highest BCUT2D eigenvalue weighted by atomic mass is 16.5. The van der Waals surface area contributed by atoms with Gasteiger partial charge in [-0.3, -0.25) is 14.5 Å². The molecule has 7 nitrogen and oxygen atoms in total. The maximum atomic E-state index is 12.2. The van der Waals surface area contributed by atoms with Crippen molar-refractivity contribution in [3.8, 4) is 0 Å². The van der Waals surface area contributed by atoms with Crippen LogP contribution in [0.5, 0.6) is 0 Å². The molecule has 0 N–H and O–H groups in total. The fourth-order valence-corrected chi connectivity index (χ4v) is 2.63. The predicted octanol–water partition coefficient (Wildman–Crippen LogP) is -0.974. The van der Waals surface area contributed by atoms with Gasteiger partial charge in [-0.15, -0.1) is 0 Å². The minimum absolute atomic E-state index is 0.167. The molecule has 2 aliphatic rings. The van der Waals surface area contributed by atoms with E-state index < -0.39 is 0 Å². The van der Waals surface area contributed by atoms with Crippen molar-refractivity contribution < 1.29 is 19.1 Å². The van der Waals surface area contributed by atoms with E-state index in [1.165, 1.54) is 7.11 Å². The minimum Gasteiger partial charge on any atom is -0.469 e. The first kappa shape index (κ1) is 16.2. The third kappa shape index (κ3) is 5.26. The molecule has 0 aliphatic carbocycles. The Balaban J connectivity index is 1.64. The van der Waals surface area contributed by atoms with Crippen LogP contribution in [0.4, 0.5) is 0 Å². The molecular formula is C14H25N3O4. The smallest absolute Gasteiger partial charge is 0.306 e. The number of piperazine rings is 1. The van der Waals surface area contributed by atoms with Gasteiger partial charge in [0.2, 0.25) is 5.91 Å². The van der Waals surface area contributed by atoms with Crippen LogP contribution in [-0.2, 0) is 19.1 Å². The van der Waals surface area contributed by atoms with E-state index in [0.29, 0.717) is 39.3 Å². The molecular weight excluding hydrogens is 274 g/mol. The van der Waals surface area contributed by atoms with E-state index in [1.807, 2.05) is 4.90 Å². The zero-order chi connectivity index (χ0) is 15.1. The lowest BCUT2D eigenvalue weighted by molar-refractivity contribution is -0.141. The Morgan fingerprint density at radius 1 is 1.00 bits per heavy atom. The van der Waals surface area contributed by atoms with Crippen molar-refractivity contribution in [1.82, 2.24) is 14.7 Å². The Morgan fingerprint density at radius 3 is 2.24 bits per heavy atom. The lowest BCUT2D eigenvalue weighted by Gasteiger charge is -2.35. The Bertz CT molecular complexity index is 350. The number of amides is 1. The van der Waals surface area contributed by atoms with Crippen molar-refractivity contribution in [1.29, 1.82) is 0 Å². The largest absolute Gasteiger partial charge is 0.469 e. The lowest BCUT2D eigenvalue weighted by atomic mass is 10.2. The molecule has 7 heteroatoms. The molecule has 2 heterocycles. The summed E-state index contributed by atoms with van der Waals surface area (Å²) >= 11 is 0. The van der Waals surface area contributed by atoms with Gasteiger partial charge >= 0.3 is 5.97 Å². The molecule has 21 heavy (non-hydrogen) atoms. The van der Waals surface area contributed by atoms with Gasteiger partial charge in [0.15, 0.2) is 0 Å². The van der Waals surface area contributed by atoms with Crippen LogP contribution in [0.2, 0.25) is 0 Å².